The van der Waals surface area contributed by atoms with Crippen molar-refractivity contribution in [3.63, 3.8) is 0 Å². The number of ether oxygens (including phenoxy) is 1. The largest absolute Gasteiger partial charge is 0.444 e. The molecule has 0 aromatic carbocycles. The molecule has 1 heterocycles. The van der Waals surface area contributed by atoms with E-state index in [1.165, 1.54) is 0 Å². The van der Waals surface area contributed by atoms with Gasteiger partial charge in [0.05, 0.1) is 6.10 Å². The Hall–Kier alpha value is -0.770. The quantitative estimate of drug-likeness (QED) is 0.668. The van der Waals surface area contributed by atoms with Gasteiger partial charge in [-0.1, -0.05) is 6.92 Å². The van der Waals surface area contributed by atoms with E-state index in [9.17, 15) is 9.90 Å². The summed E-state index contributed by atoms with van der Waals surface area (Å²) in [5.74, 6) is 0.335. The summed E-state index contributed by atoms with van der Waals surface area (Å²) in [6.45, 7) is 8.61. The topological polar surface area (TPSA) is 49.8 Å². The third-order valence-corrected chi connectivity index (χ3v) is 2.29. The summed E-state index contributed by atoms with van der Waals surface area (Å²) < 4.78 is 5.25. The Balaban J connectivity index is 2.52. The van der Waals surface area contributed by atoms with Crippen LogP contribution in [-0.4, -0.2) is 40.9 Å². The number of carbonyl (C=O) groups is 1. The Bertz CT molecular complexity index is 224. The van der Waals surface area contributed by atoms with E-state index in [-0.39, 0.29) is 6.09 Å². The predicted octanol–water partition coefficient (Wildman–Crippen LogP) is 1.62. The first-order valence-corrected chi connectivity index (χ1v) is 5.44. The van der Waals surface area contributed by atoms with Crippen molar-refractivity contribution in [1.82, 2.24) is 4.90 Å². The number of aliphatic hydroxyl groups is 1. The predicted molar refractivity (Wildman–Crippen MR) is 57.6 cm³/mol. The molecule has 1 fully saturated rings. The lowest BCUT2D eigenvalue weighted by Gasteiger charge is -2.35. The van der Waals surface area contributed by atoms with E-state index in [2.05, 4.69) is 0 Å². The number of hydrogen-bond acceptors (Lipinski definition) is 3. The number of aliphatic hydroxyl groups excluding tert-OH is 1. The molecule has 1 rings (SSSR count). The number of hydrogen-bond donors (Lipinski definition) is 1. The van der Waals surface area contributed by atoms with E-state index in [0.29, 0.717) is 19.0 Å². The number of rotatable bonds is 0. The maximum atomic E-state index is 11.7. The van der Waals surface area contributed by atoms with E-state index in [1.54, 1.807) is 4.90 Å². The van der Waals surface area contributed by atoms with Crippen molar-refractivity contribution in [2.45, 2.75) is 45.8 Å². The summed E-state index contributed by atoms with van der Waals surface area (Å²) >= 11 is 0. The SMILES string of the molecule is C[C@@H]1C[C@H](O)CN(C(=O)OC(C)(C)C)C1. The van der Waals surface area contributed by atoms with Crippen LogP contribution < -0.4 is 0 Å². The monoisotopic (exact) mass is 215 g/mol. The molecule has 0 saturated carbocycles. The molecule has 0 bridgehead atoms. The fourth-order valence-electron chi connectivity index (χ4n) is 1.79. The van der Waals surface area contributed by atoms with Crippen LogP contribution in [-0.2, 0) is 4.74 Å². The van der Waals surface area contributed by atoms with Gasteiger partial charge in [0.1, 0.15) is 5.60 Å². The molecular weight excluding hydrogens is 194 g/mol. The first-order chi connectivity index (χ1) is 6.78. The van der Waals surface area contributed by atoms with Gasteiger partial charge in [-0.3, -0.25) is 0 Å². The van der Waals surface area contributed by atoms with Crippen molar-refractivity contribution in [2.75, 3.05) is 13.1 Å². The molecule has 4 heteroatoms. The zero-order chi connectivity index (χ0) is 11.6. The Morgan fingerprint density at radius 3 is 2.47 bits per heavy atom. The lowest BCUT2D eigenvalue weighted by molar-refractivity contribution is -0.00539. The molecule has 0 unspecified atom stereocenters. The normalized spacial score (nSPS) is 27.7. The van der Waals surface area contributed by atoms with Gasteiger partial charge < -0.3 is 14.7 Å². The highest BCUT2D eigenvalue weighted by Gasteiger charge is 2.29. The molecule has 0 aromatic heterocycles. The summed E-state index contributed by atoms with van der Waals surface area (Å²) in [5.41, 5.74) is -0.470. The second kappa shape index (κ2) is 4.39. The number of piperidine rings is 1. The van der Waals surface area contributed by atoms with E-state index in [4.69, 9.17) is 4.74 Å². The lowest BCUT2D eigenvalue weighted by atomic mass is 9.98. The minimum atomic E-state index is -0.470. The van der Waals surface area contributed by atoms with Gasteiger partial charge >= 0.3 is 6.09 Å². The summed E-state index contributed by atoms with van der Waals surface area (Å²) in [5, 5.41) is 9.55. The van der Waals surface area contributed by atoms with Crippen LogP contribution in [0, 0.1) is 5.92 Å². The molecule has 1 amide bonds. The molecule has 88 valence electrons. The molecule has 0 radical (unpaired) electrons. The summed E-state index contributed by atoms with van der Waals surface area (Å²) in [6, 6.07) is 0. The standard InChI is InChI=1S/C11H21NO3/c1-8-5-9(13)7-12(6-8)10(14)15-11(2,3)4/h8-9,13H,5-7H2,1-4H3/t8-,9+/m1/s1. The second-order valence-corrected chi connectivity index (χ2v) is 5.38. The third-order valence-electron chi connectivity index (χ3n) is 2.29. The van der Waals surface area contributed by atoms with Crippen LogP contribution >= 0.6 is 0 Å². The van der Waals surface area contributed by atoms with Crippen LogP contribution in [0.1, 0.15) is 34.1 Å². The first kappa shape index (κ1) is 12.3. The number of carbonyl (C=O) groups excluding carboxylic acids is 1. The average Bonchev–Trinajstić information content (AvgIpc) is 1.98. The number of likely N-dealkylation sites (tertiary alicyclic amines) is 1. The van der Waals surface area contributed by atoms with Crippen molar-refractivity contribution in [2.24, 2.45) is 5.92 Å². The molecule has 0 spiro atoms. The number of nitrogens with zero attached hydrogens (tertiary/aromatic N) is 1. The first-order valence-electron chi connectivity index (χ1n) is 5.44. The van der Waals surface area contributed by atoms with Crippen LogP contribution in [0.2, 0.25) is 0 Å². The highest BCUT2D eigenvalue weighted by Crippen LogP contribution is 2.18. The molecule has 1 aliphatic heterocycles. The highest BCUT2D eigenvalue weighted by molar-refractivity contribution is 5.68. The van der Waals surface area contributed by atoms with Crippen molar-refractivity contribution >= 4 is 6.09 Å². The lowest BCUT2D eigenvalue weighted by Crippen LogP contribution is -2.47. The van der Waals surface area contributed by atoms with Gasteiger partial charge in [-0.15, -0.1) is 0 Å². The van der Waals surface area contributed by atoms with Crippen LogP contribution in [0.25, 0.3) is 0 Å². The molecule has 4 nitrogen and oxygen atoms in total. The fraction of sp³-hybridized carbons (Fsp3) is 0.909. The van der Waals surface area contributed by atoms with Crippen LogP contribution in [0.4, 0.5) is 4.79 Å². The van der Waals surface area contributed by atoms with E-state index in [1.807, 2.05) is 27.7 Å². The minimum absolute atomic E-state index is 0.326. The molecule has 0 aliphatic carbocycles. The van der Waals surface area contributed by atoms with Crippen molar-refractivity contribution in [3.05, 3.63) is 0 Å². The van der Waals surface area contributed by atoms with Gasteiger partial charge in [0.2, 0.25) is 0 Å². The number of amides is 1. The van der Waals surface area contributed by atoms with Gasteiger partial charge in [0, 0.05) is 13.1 Å². The van der Waals surface area contributed by atoms with E-state index < -0.39 is 11.7 Å². The summed E-state index contributed by atoms with van der Waals surface area (Å²) in [6.07, 6.45) is 0.0219. The summed E-state index contributed by atoms with van der Waals surface area (Å²) in [7, 11) is 0. The van der Waals surface area contributed by atoms with Crippen LogP contribution in [0.15, 0.2) is 0 Å². The Labute approximate surface area is 91.2 Å². The summed E-state index contributed by atoms with van der Waals surface area (Å²) in [4.78, 5) is 13.3. The molecule has 1 aliphatic rings. The molecule has 1 saturated heterocycles. The zero-order valence-corrected chi connectivity index (χ0v) is 9.99. The Kier molecular flexibility index (Phi) is 3.60. The van der Waals surface area contributed by atoms with Gasteiger partial charge in [0.25, 0.3) is 0 Å². The maximum absolute atomic E-state index is 11.7. The van der Waals surface area contributed by atoms with Gasteiger partial charge in [-0.05, 0) is 33.1 Å². The average molecular weight is 215 g/mol. The van der Waals surface area contributed by atoms with Gasteiger partial charge in [0.15, 0.2) is 0 Å². The Morgan fingerprint density at radius 2 is 2.00 bits per heavy atom. The van der Waals surface area contributed by atoms with Crippen LogP contribution in [0.3, 0.4) is 0 Å². The molecule has 1 N–H and O–H groups in total. The number of β-amino-alcohol motifs (C(OH)–C–C–N with tert-alkyl or cyclic N) is 1. The van der Waals surface area contributed by atoms with Gasteiger partial charge in [-0.2, -0.15) is 0 Å². The molecule has 0 aromatic rings. The zero-order valence-electron chi connectivity index (χ0n) is 9.99. The minimum Gasteiger partial charge on any atom is -0.444 e. The molecule has 2 atom stereocenters. The van der Waals surface area contributed by atoms with Crippen molar-refractivity contribution in [3.8, 4) is 0 Å². The smallest absolute Gasteiger partial charge is 0.410 e. The van der Waals surface area contributed by atoms with Gasteiger partial charge in [-0.25, -0.2) is 4.79 Å². The molecular formula is C11H21NO3. The van der Waals surface area contributed by atoms with E-state index in [0.717, 1.165) is 6.42 Å². The van der Waals surface area contributed by atoms with Crippen molar-refractivity contribution in [1.29, 1.82) is 0 Å². The Morgan fingerprint density at radius 1 is 1.40 bits per heavy atom. The highest BCUT2D eigenvalue weighted by atomic mass is 16.6. The fourth-order valence-corrected chi connectivity index (χ4v) is 1.79. The van der Waals surface area contributed by atoms with E-state index >= 15 is 0 Å². The van der Waals surface area contributed by atoms with Crippen molar-refractivity contribution < 1.29 is 14.6 Å². The maximum Gasteiger partial charge on any atom is 0.410 e. The third kappa shape index (κ3) is 4.08. The molecule has 15 heavy (non-hydrogen) atoms. The van der Waals surface area contributed by atoms with Crippen LogP contribution in [0.5, 0.6) is 0 Å². The second-order valence-electron chi connectivity index (χ2n) is 5.38.